The van der Waals surface area contributed by atoms with Gasteiger partial charge in [-0.15, -0.1) is 11.8 Å². The van der Waals surface area contributed by atoms with Gasteiger partial charge in [0, 0.05) is 22.1 Å². The number of halogens is 1. The van der Waals surface area contributed by atoms with Crippen molar-refractivity contribution in [2.75, 3.05) is 0 Å². The molecule has 2 aromatic rings. The van der Waals surface area contributed by atoms with Crippen LogP contribution in [-0.2, 0) is 5.75 Å². The lowest BCUT2D eigenvalue weighted by atomic mass is 10.1. The quantitative estimate of drug-likeness (QED) is 0.585. The van der Waals surface area contributed by atoms with Crippen LogP contribution in [-0.4, -0.2) is 5.78 Å². The molecule has 0 bridgehead atoms. The van der Waals surface area contributed by atoms with Gasteiger partial charge in [0.05, 0.1) is 0 Å². The minimum Gasteiger partial charge on any atom is -0.294 e. The standard InChI is InChI=1S/C17H15FOS/c18-16-4-2-1-3-14(16)11-20-15-9-7-13(8-10-15)17(19)12-5-6-12/h1-4,7-10,12H,5-6,11H2. The molecular formula is C17H15FOS. The molecule has 1 nitrogen and oxygen atoms in total. The Hall–Kier alpha value is -1.61. The van der Waals surface area contributed by atoms with Gasteiger partial charge in [0.1, 0.15) is 5.82 Å². The fourth-order valence-electron chi connectivity index (χ4n) is 2.07. The molecule has 1 aliphatic carbocycles. The van der Waals surface area contributed by atoms with E-state index in [9.17, 15) is 9.18 Å². The van der Waals surface area contributed by atoms with E-state index in [1.165, 1.54) is 6.07 Å². The van der Waals surface area contributed by atoms with E-state index in [4.69, 9.17) is 0 Å². The van der Waals surface area contributed by atoms with Crippen LogP contribution in [0.5, 0.6) is 0 Å². The van der Waals surface area contributed by atoms with Crippen LogP contribution in [0.4, 0.5) is 4.39 Å². The number of thioether (sulfide) groups is 1. The number of carbonyl (C=O) groups is 1. The second kappa shape index (κ2) is 5.80. The van der Waals surface area contributed by atoms with Crippen LogP contribution in [0.25, 0.3) is 0 Å². The summed E-state index contributed by atoms with van der Waals surface area (Å²) in [4.78, 5) is 12.9. The third-order valence-corrected chi connectivity index (χ3v) is 4.50. The summed E-state index contributed by atoms with van der Waals surface area (Å²) in [7, 11) is 0. The lowest BCUT2D eigenvalue weighted by Crippen LogP contribution is -2.00. The van der Waals surface area contributed by atoms with Crippen LogP contribution in [0.1, 0.15) is 28.8 Å². The smallest absolute Gasteiger partial charge is 0.165 e. The first-order chi connectivity index (χ1) is 9.74. The highest BCUT2D eigenvalue weighted by molar-refractivity contribution is 7.98. The van der Waals surface area contributed by atoms with Crippen molar-refractivity contribution in [3.05, 3.63) is 65.5 Å². The first kappa shape index (κ1) is 13.4. The third-order valence-electron chi connectivity index (χ3n) is 3.44. The Morgan fingerprint density at radius 1 is 1.10 bits per heavy atom. The Labute approximate surface area is 122 Å². The van der Waals surface area contributed by atoms with E-state index >= 15 is 0 Å². The molecule has 2 aromatic carbocycles. The predicted octanol–water partition coefficient (Wildman–Crippen LogP) is 4.71. The summed E-state index contributed by atoms with van der Waals surface area (Å²) >= 11 is 1.58. The highest BCUT2D eigenvalue weighted by Crippen LogP contribution is 2.33. The Kier molecular flexibility index (Phi) is 3.88. The van der Waals surface area contributed by atoms with Crippen LogP contribution >= 0.6 is 11.8 Å². The first-order valence-electron chi connectivity index (χ1n) is 6.74. The summed E-state index contributed by atoms with van der Waals surface area (Å²) in [6.45, 7) is 0. The van der Waals surface area contributed by atoms with Crippen molar-refractivity contribution in [1.82, 2.24) is 0 Å². The molecule has 0 aliphatic heterocycles. The molecule has 3 heteroatoms. The van der Waals surface area contributed by atoms with Crippen LogP contribution < -0.4 is 0 Å². The normalized spacial score (nSPS) is 14.2. The topological polar surface area (TPSA) is 17.1 Å². The van der Waals surface area contributed by atoms with Gasteiger partial charge in [-0.1, -0.05) is 30.3 Å². The monoisotopic (exact) mass is 286 g/mol. The van der Waals surface area contributed by atoms with Gasteiger partial charge in [0.15, 0.2) is 5.78 Å². The Morgan fingerprint density at radius 3 is 2.45 bits per heavy atom. The molecule has 0 amide bonds. The summed E-state index contributed by atoms with van der Waals surface area (Å²) in [5.74, 6) is 0.950. The molecule has 0 saturated heterocycles. The van der Waals surface area contributed by atoms with Crippen molar-refractivity contribution in [2.24, 2.45) is 5.92 Å². The highest BCUT2D eigenvalue weighted by atomic mass is 32.2. The van der Waals surface area contributed by atoms with E-state index in [1.807, 2.05) is 30.3 Å². The summed E-state index contributed by atoms with van der Waals surface area (Å²) in [6, 6.07) is 14.5. The van der Waals surface area contributed by atoms with E-state index in [-0.39, 0.29) is 17.5 Å². The van der Waals surface area contributed by atoms with Crippen LogP contribution in [0, 0.1) is 11.7 Å². The van der Waals surface area contributed by atoms with Crippen molar-refractivity contribution in [3.63, 3.8) is 0 Å². The summed E-state index contributed by atoms with van der Waals surface area (Å²) in [5.41, 5.74) is 1.50. The zero-order valence-electron chi connectivity index (χ0n) is 11.0. The first-order valence-corrected chi connectivity index (χ1v) is 7.73. The lowest BCUT2D eigenvalue weighted by molar-refractivity contribution is 0.0967. The fourth-order valence-corrected chi connectivity index (χ4v) is 2.96. The lowest BCUT2D eigenvalue weighted by Gasteiger charge is -2.04. The minimum atomic E-state index is -0.166. The Balaban J connectivity index is 1.63. The SMILES string of the molecule is O=C(c1ccc(SCc2ccccc2F)cc1)C1CC1. The summed E-state index contributed by atoms with van der Waals surface area (Å²) in [5, 5.41) is 0. The fraction of sp³-hybridized carbons (Fsp3) is 0.235. The van der Waals surface area contributed by atoms with Gasteiger partial charge >= 0.3 is 0 Å². The molecule has 20 heavy (non-hydrogen) atoms. The molecule has 1 aliphatic rings. The van der Waals surface area contributed by atoms with Crippen molar-refractivity contribution in [2.45, 2.75) is 23.5 Å². The van der Waals surface area contributed by atoms with Gasteiger partial charge in [-0.05, 0) is 36.6 Å². The van der Waals surface area contributed by atoms with Gasteiger partial charge < -0.3 is 0 Å². The molecule has 0 radical (unpaired) electrons. The van der Waals surface area contributed by atoms with Gasteiger partial charge in [-0.3, -0.25) is 4.79 Å². The number of ketones is 1. The predicted molar refractivity (Wildman–Crippen MR) is 79.5 cm³/mol. The summed E-state index contributed by atoms with van der Waals surface area (Å²) < 4.78 is 13.5. The van der Waals surface area contributed by atoms with E-state index in [1.54, 1.807) is 23.9 Å². The average Bonchev–Trinajstić information content (AvgIpc) is 3.31. The number of benzene rings is 2. The second-order valence-electron chi connectivity index (χ2n) is 5.04. The number of carbonyl (C=O) groups excluding carboxylic acids is 1. The zero-order chi connectivity index (χ0) is 13.9. The second-order valence-corrected chi connectivity index (χ2v) is 6.09. The van der Waals surface area contributed by atoms with Gasteiger partial charge in [-0.2, -0.15) is 0 Å². The molecule has 0 atom stereocenters. The largest absolute Gasteiger partial charge is 0.294 e. The molecular weight excluding hydrogens is 271 g/mol. The Morgan fingerprint density at radius 2 is 1.80 bits per heavy atom. The average molecular weight is 286 g/mol. The van der Waals surface area contributed by atoms with Gasteiger partial charge in [0.2, 0.25) is 0 Å². The van der Waals surface area contributed by atoms with Crippen molar-refractivity contribution in [1.29, 1.82) is 0 Å². The highest BCUT2D eigenvalue weighted by Gasteiger charge is 2.30. The molecule has 0 spiro atoms. The third kappa shape index (κ3) is 3.10. The van der Waals surface area contributed by atoms with E-state index in [0.29, 0.717) is 11.3 Å². The molecule has 1 saturated carbocycles. The number of hydrogen-bond donors (Lipinski definition) is 0. The van der Waals surface area contributed by atoms with Crippen molar-refractivity contribution in [3.8, 4) is 0 Å². The maximum absolute atomic E-state index is 13.5. The molecule has 1 fully saturated rings. The molecule has 3 rings (SSSR count). The number of rotatable bonds is 5. The maximum atomic E-state index is 13.5. The van der Waals surface area contributed by atoms with E-state index in [0.717, 1.165) is 23.3 Å². The number of hydrogen-bond acceptors (Lipinski definition) is 2. The van der Waals surface area contributed by atoms with Crippen LogP contribution in [0.15, 0.2) is 53.4 Å². The van der Waals surface area contributed by atoms with Gasteiger partial charge in [0.25, 0.3) is 0 Å². The molecule has 0 heterocycles. The van der Waals surface area contributed by atoms with Gasteiger partial charge in [-0.25, -0.2) is 4.39 Å². The van der Waals surface area contributed by atoms with E-state index in [2.05, 4.69) is 0 Å². The zero-order valence-corrected chi connectivity index (χ0v) is 11.8. The molecule has 0 unspecified atom stereocenters. The number of Topliss-reactive ketones (excluding diaryl/α,β-unsaturated/α-hetero) is 1. The Bertz CT molecular complexity index is 617. The maximum Gasteiger partial charge on any atom is 0.165 e. The summed E-state index contributed by atoms with van der Waals surface area (Å²) in [6.07, 6.45) is 2.06. The van der Waals surface area contributed by atoms with Crippen molar-refractivity contribution < 1.29 is 9.18 Å². The molecule has 102 valence electrons. The van der Waals surface area contributed by atoms with Crippen molar-refractivity contribution >= 4 is 17.5 Å². The molecule has 0 aromatic heterocycles. The molecule has 0 N–H and O–H groups in total. The van der Waals surface area contributed by atoms with E-state index < -0.39 is 0 Å². The van der Waals surface area contributed by atoms with Crippen LogP contribution in [0.2, 0.25) is 0 Å². The van der Waals surface area contributed by atoms with Crippen LogP contribution in [0.3, 0.4) is 0 Å². The minimum absolute atomic E-state index is 0.166.